The van der Waals surface area contributed by atoms with Crippen LogP contribution in [-0.2, 0) is 16.8 Å². The van der Waals surface area contributed by atoms with Crippen molar-refractivity contribution in [2.75, 3.05) is 6.54 Å². The predicted octanol–water partition coefficient (Wildman–Crippen LogP) is 3.16. The Morgan fingerprint density at radius 3 is 2.31 bits per heavy atom. The summed E-state index contributed by atoms with van der Waals surface area (Å²) < 4.78 is 1.46. The highest BCUT2D eigenvalue weighted by Gasteiger charge is 2.27. The van der Waals surface area contributed by atoms with Crippen LogP contribution >= 0.6 is 0 Å². The van der Waals surface area contributed by atoms with Crippen LogP contribution in [0.4, 0.5) is 0 Å². The van der Waals surface area contributed by atoms with Gasteiger partial charge < -0.3 is 15.5 Å². The molecule has 1 aromatic carbocycles. The zero-order valence-corrected chi connectivity index (χ0v) is 18.9. The quantitative estimate of drug-likeness (QED) is 0.633. The predicted molar refractivity (Wildman–Crippen MR) is 120 cm³/mol. The van der Waals surface area contributed by atoms with Crippen molar-refractivity contribution in [1.82, 2.24) is 14.9 Å². The second kappa shape index (κ2) is 9.54. The molecular formula is C24H31N3O5. The average Bonchev–Trinajstić information content (AvgIpc) is 2.74. The highest BCUT2D eigenvalue weighted by molar-refractivity contribution is 5.97. The monoisotopic (exact) mass is 441 g/mol. The third-order valence-electron chi connectivity index (χ3n) is 5.94. The van der Waals surface area contributed by atoms with E-state index in [1.165, 1.54) is 10.1 Å². The molecule has 0 bridgehead atoms. The van der Waals surface area contributed by atoms with Crippen LogP contribution in [0.5, 0.6) is 5.88 Å². The van der Waals surface area contributed by atoms with Gasteiger partial charge in [0.25, 0.3) is 11.5 Å². The summed E-state index contributed by atoms with van der Waals surface area (Å²) in [5, 5.41) is 21.4. The molecule has 1 saturated carbocycles. The summed E-state index contributed by atoms with van der Waals surface area (Å²) in [6.45, 7) is 5.93. The molecule has 3 N–H and O–H groups in total. The Hall–Kier alpha value is -3.16. The number of aromatic hydroxyl groups is 1. The number of carbonyl (C=O) groups excluding carboxylic acids is 1. The second-order valence-corrected chi connectivity index (χ2v) is 9.42. The Morgan fingerprint density at radius 1 is 1.12 bits per heavy atom. The molecule has 0 spiro atoms. The minimum Gasteiger partial charge on any atom is -0.493 e. The average molecular weight is 442 g/mol. The lowest BCUT2D eigenvalue weighted by Crippen LogP contribution is -2.38. The van der Waals surface area contributed by atoms with E-state index < -0.39 is 35.4 Å². The van der Waals surface area contributed by atoms with Crippen LogP contribution in [0.2, 0.25) is 0 Å². The molecule has 1 aliphatic rings. The molecule has 1 aromatic heterocycles. The lowest BCUT2D eigenvalue weighted by atomic mass is 9.86. The molecule has 8 nitrogen and oxygen atoms in total. The molecule has 0 aliphatic heterocycles. The van der Waals surface area contributed by atoms with E-state index in [1.54, 1.807) is 0 Å². The first kappa shape index (κ1) is 23.5. The van der Waals surface area contributed by atoms with Crippen LogP contribution in [0.25, 0.3) is 0 Å². The molecule has 8 heteroatoms. The zero-order chi connectivity index (χ0) is 23.5. The summed E-state index contributed by atoms with van der Waals surface area (Å²) >= 11 is 0. The van der Waals surface area contributed by atoms with Crippen LogP contribution in [0, 0.1) is 0 Å². The van der Waals surface area contributed by atoms with Gasteiger partial charge in [0.15, 0.2) is 5.56 Å². The van der Waals surface area contributed by atoms with E-state index in [0.29, 0.717) is 5.82 Å². The fourth-order valence-electron chi connectivity index (χ4n) is 4.12. The molecule has 3 rings (SSSR count). The molecule has 172 valence electrons. The summed E-state index contributed by atoms with van der Waals surface area (Å²) in [5.74, 6) is -2.36. The molecule has 1 heterocycles. The van der Waals surface area contributed by atoms with Gasteiger partial charge in [0, 0.05) is 5.92 Å². The molecule has 0 saturated heterocycles. The van der Waals surface area contributed by atoms with Gasteiger partial charge in [-0.15, -0.1) is 0 Å². The Labute approximate surface area is 187 Å². The SMILES string of the molecule is CC(C)(C)c1ccc(Cn2c(C3CCCCC3)nc(O)c(C(=O)NCC(=O)O)c2=O)cc1. The molecule has 1 aliphatic carbocycles. The van der Waals surface area contributed by atoms with Gasteiger partial charge in [0.1, 0.15) is 12.4 Å². The summed E-state index contributed by atoms with van der Waals surface area (Å²) in [6.07, 6.45) is 4.88. The minimum atomic E-state index is -1.25. The number of carboxylic acid groups (broad SMARTS) is 1. The third-order valence-corrected chi connectivity index (χ3v) is 5.94. The van der Waals surface area contributed by atoms with Crippen molar-refractivity contribution < 1.29 is 19.8 Å². The van der Waals surface area contributed by atoms with Gasteiger partial charge in [-0.1, -0.05) is 64.3 Å². The summed E-state index contributed by atoms with van der Waals surface area (Å²) in [6, 6.07) is 7.95. The number of carbonyl (C=O) groups is 2. The van der Waals surface area contributed by atoms with Gasteiger partial charge in [0.05, 0.1) is 6.54 Å². The van der Waals surface area contributed by atoms with E-state index in [1.807, 2.05) is 24.3 Å². The zero-order valence-electron chi connectivity index (χ0n) is 18.9. The molecule has 0 atom stereocenters. The minimum absolute atomic E-state index is 0.00187. The van der Waals surface area contributed by atoms with Crippen LogP contribution in [0.15, 0.2) is 29.1 Å². The van der Waals surface area contributed by atoms with Crippen molar-refractivity contribution in [1.29, 1.82) is 0 Å². The van der Waals surface area contributed by atoms with Crippen molar-refractivity contribution in [3.05, 3.63) is 57.1 Å². The van der Waals surface area contributed by atoms with Gasteiger partial charge in [0.2, 0.25) is 5.88 Å². The first-order valence-electron chi connectivity index (χ1n) is 11.0. The molecular weight excluding hydrogens is 410 g/mol. The maximum atomic E-state index is 13.3. The number of aromatic nitrogens is 2. The maximum absolute atomic E-state index is 13.3. The van der Waals surface area contributed by atoms with Crippen molar-refractivity contribution in [2.45, 2.75) is 70.8 Å². The smallest absolute Gasteiger partial charge is 0.322 e. The molecule has 0 unspecified atom stereocenters. The van der Waals surface area contributed by atoms with Gasteiger partial charge in [-0.05, 0) is 29.4 Å². The van der Waals surface area contributed by atoms with Crippen LogP contribution in [0.1, 0.15) is 86.1 Å². The first-order valence-corrected chi connectivity index (χ1v) is 11.0. The standard InChI is InChI=1S/C24H31N3O5/c1-24(2,3)17-11-9-15(10-12-17)14-27-20(16-7-5-4-6-8-16)26-22(31)19(23(27)32)21(30)25-13-18(28)29/h9-12,16,31H,4-8,13-14H2,1-3H3,(H,25,30)(H,28,29). The molecule has 1 amide bonds. The third kappa shape index (κ3) is 5.36. The van der Waals surface area contributed by atoms with Crippen LogP contribution in [0.3, 0.4) is 0 Å². The normalized spacial score (nSPS) is 14.8. The summed E-state index contributed by atoms with van der Waals surface area (Å²) in [5.41, 5.74) is 0.844. The number of benzene rings is 1. The number of amides is 1. The number of hydrogen-bond donors (Lipinski definition) is 3. The number of hydrogen-bond acceptors (Lipinski definition) is 5. The van der Waals surface area contributed by atoms with Crippen LogP contribution in [-0.4, -0.2) is 38.2 Å². The number of carboxylic acids is 1. The number of rotatable bonds is 6. The topological polar surface area (TPSA) is 122 Å². The molecule has 2 aromatic rings. The Bertz CT molecular complexity index is 1050. The maximum Gasteiger partial charge on any atom is 0.322 e. The molecule has 1 fully saturated rings. The van der Waals surface area contributed by atoms with Crippen LogP contribution < -0.4 is 10.9 Å². The molecule has 0 radical (unpaired) electrons. The summed E-state index contributed by atoms with van der Waals surface area (Å²) in [4.78, 5) is 40.8. The van der Waals surface area contributed by atoms with Crippen molar-refractivity contribution >= 4 is 11.9 Å². The van der Waals surface area contributed by atoms with E-state index in [-0.39, 0.29) is 17.9 Å². The summed E-state index contributed by atoms with van der Waals surface area (Å²) in [7, 11) is 0. The van der Waals surface area contributed by atoms with Gasteiger partial charge >= 0.3 is 5.97 Å². The highest BCUT2D eigenvalue weighted by Crippen LogP contribution is 2.32. The fourth-order valence-corrected chi connectivity index (χ4v) is 4.12. The Morgan fingerprint density at radius 2 is 1.75 bits per heavy atom. The second-order valence-electron chi connectivity index (χ2n) is 9.42. The van der Waals surface area contributed by atoms with E-state index in [4.69, 9.17) is 5.11 Å². The van der Waals surface area contributed by atoms with E-state index in [9.17, 15) is 19.5 Å². The van der Waals surface area contributed by atoms with Crippen molar-refractivity contribution in [3.63, 3.8) is 0 Å². The Kier molecular flexibility index (Phi) is 7.01. The lowest BCUT2D eigenvalue weighted by molar-refractivity contribution is -0.135. The number of nitrogens with zero attached hydrogens (tertiary/aromatic N) is 2. The van der Waals surface area contributed by atoms with Crippen molar-refractivity contribution in [3.8, 4) is 5.88 Å². The van der Waals surface area contributed by atoms with E-state index in [0.717, 1.165) is 37.7 Å². The van der Waals surface area contributed by atoms with E-state index in [2.05, 4.69) is 31.1 Å². The number of nitrogens with one attached hydrogen (secondary N) is 1. The highest BCUT2D eigenvalue weighted by atomic mass is 16.4. The van der Waals surface area contributed by atoms with Gasteiger partial charge in [-0.3, -0.25) is 19.0 Å². The van der Waals surface area contributed by atoms with Crippen molar-refractivity contribution in [2.24, 2.45) is 0 Å². The van der Waals surface area contributed by atoms with E-state index >= 15 is 0 Å². The molecule has 32 heavy (non-hydrogen) atoms. The first-order chi connectivity index (χ1) is 15.1. The lowest BCUT2D eigenvalue weighted by Gasteiger charge is -2.25. The fraction of sp³-hybridized carbons (Fsp3) is 0.500. The largest absolute Gasteiger partial charge is 0.493 e. The Balaban J connectivity index is 2.04. The van der Waals surface area contributed by atoms with Gasteiger partial charge in [-0.25, -0.2) is 0 Å². The van der Waals surface area contributed by atoms with Gasteiger partial charge in [-0.2, -0.15) is 4.98 Å². The number of aliphatic carboxylic acids is 1.